The van der Waals surface area contributed by atoms with Gasteiger partial charge in [0.1, 0.15) is 17.1 Å². The molecule has 0 aliphatic heterocycles. The summed E-state index contributed by atoms with van der Waals surface area (Å²) in [5.74, 6) is -1.86. The number of aryl methyl sites for hydroxylation is 1. The second-order valence-electron chi connectivity index (χ2n) is 6.21. The predicted octanol–water partition coefficient (Wildman–Crippen LogP) is 3.66. The van der Waals surface area contributed by atoms with Gasteiger partial charge >= 0.3 is 5.97 Å². The zero-order valence-electron chi connectivity index (χ0n) is 14.9. The Balaban J connectivity index is 1.72. The molecule has 0 radical (unpaired) electrons. The van der Waals surface area contributed by atoms with Gasteiger partial charge in [0.25, 0.3) is 5.91 Å². The van der Waals surface area contributed by atoms with E-state index >= 15 is 0 Å². The predicted molar refractivity (Wildman–Crippen MR) is 102 cm³/mol. The lowest BCUT2D eigenvalue weighted by molar-refractivity contribution is -0.119. The summed E-state index contributed by atoms with van der Waals surface area (Å²) < 4.78 is 4.99. The molecule has 0 aliphatic rings. The smallest absolute Gasteiger partial charge is 0.342 e. The molecular weight excluding hydrogens is 346 g/mol. The van der Waals surface area contributed by atoms with Crippen LogP contribution < -0.4 is 5.32 Å². The number of nitrogens with one attached hydrogen (secondary N) is 1. The second kappa shape index (κ2) is 7.37. The Labute approximate surface area is 156 Å². The highest BCUT2D eigenvalue weighted by Crippen LogP contribution is 2.35. The van der Waals surface area contributed by atoms with Crippen LogP contribution in [0.3, 0.4) is 0 Å². The number of rotatable bonds is 4. The molecular formula is C21H19NO5. The number of carbonyl (C=O) groups is 2. The van der Waals surface area contributed by atoms with Crippen molar-refractivity contribution in [1.29, 1.82) is 0 Å². The van der Waals surface area contributed by atoms with Crippen molar-refractivity contribution in [1.82, 2.24) is 0 Å². The van der Waals surface area contributed by atoms with Crippen LogP contribution in [0.4, 0.5) is 5.69 Å². The van der Waals surface area contributed by atoms with E-state index in [0.717, 1.165) is 17.2 Å². The summed E-state index contributed by atoms with van der Waals surface area (Å²) in [5, 5.41) is 23.8. The molecule has 0 bridgehead atoms. The second-order valence-corrected chi connectivity index (χ2v) is 6.21. The summed E-state index contributed by atoms with van der Waals surface area (Å²) >= 11 is 0. The molecule has 3 aromatic rings. The molecule has 1 amide bonds. The van der Waals surface area contributed by atoms with E-state index in [1.165, 1.54) is 0 Å². The van der Waals surface area contributed by atoms with Gasteiger partial charge in [0.05, 0.1) is 0 Å². The number of amides is 1. The molecule has 0 aliphatic carbocycles. The van der Waals surface area contributed by atoms with E-state index in [-0.39, 0.29) is 17.1 Å². The lowest BCUT2D eigenvalue weighted by atomic mass is 10.0. The number of ether oxygens (including phenoxy) is 1. The Hall–Kier alpha value is -3.54. The van der Waals surface area contributed by atoms with E-state index in [2.05, 4.69) is 5.32 Å². The van der Waals surface area contributed by atoms with Crippen LogP contribution in [0.5, 0.6) is 11.5 Å². The third-order valence-corrected chi connectivity index (χ3v) is 4.43. The third-order valence-electron chi connectivity index (χ3n) is 4.43. The summed E-state index contributed by atoms with van der Waals surface area (Å²) in [7, 11) is 0. The molecule has 3 N–H and O–H groups in total. The molecule has 3 rings (SSSR count). The van der Waals surface area contributed by atoms with Crippen molar-refractivity contribution >= 4 is 28.3 Å². The maximum atomic E-state index is 12.3. The van der Waals surface area contributed by atoms with Crippen LogP contribution in [-0.4, -0.2) is 28.7 Å². The fourth-order valence-electron chi connectivity index (χ4n) is 2.78. The largest absolute Gasteiger partial charge is 0.507 e. The number of phenols is 2. The zero-order valence-corrected chi connectivity index (χ0v) is 14.9. The van der Waals surface area contributed by atoms with Gasteiger partial charge < -0.3 is 20.3 Å². The van der Waals surface area contributed by atoms with E-state index in [9.17, 15) is 19.8 Å². The Kier molecular flexibility index (Phi) is 4.98. The molecule has 0 heterocycles. The van der Waals surface area contributed by atoms with Crippen LogP contribution in [-0.2, 0) is 9.53 Å². The summed E-state index contributed by atoms with van der Waals surface area (Å²) in [6.45, 7) is 3.30. The first-order chi connectivity index (χ1) is 12.9. The quantitative estimate of drug-likeness (QED) is 0.484. The number of hydrogen-bond donors (Lipinski definition) is 3. The highest BCUT2D eigenvalue weighted by Gasteiger charge is 2.19. The molecule has 3 aromatic carbocycles. The molecule has 138 valence electrons. The zero-order chi connectivity index (χ0) is 19.6. The maximum absolute atomic E-state index is 12.3. The van der Waals surface area contributed by atoms with Crippen molar-refractivity contribution in [3.8, 4) is 11.5 Å². The Bertz CT molecular complexity index is 1040. The molecule has 0 fully saturated rings. The van der Waals surface area contributed by atoms with E-state index < -0.39 is 18.5 Å². The van der Waals surface area contributed by atoms with Crippen molar-refractivity contribution in [3.63, 3.8) is 0 Å². The number of aromatic hydroxyl groups is 2. The fourth-order valence-corrected chi connectivity index (χ4v) is 2.78. The van der Waals surface area contributed by atoms with E-state index in [1.54, 1.807) is 30.3 Å². The van der Waals surface area contributed by atoms with Crippen LogP contribution >= 0.6 is 0 Å². The van der Waals surface area contributed by atoms with Crippen LogP contribution in [0.15, 0.2) is 48.5 Å². The van der Waals surface area contributed by atoms with E-state index in [4.69, 9.17) is 4.74 Å². The number of esters is 1. The number of hydrogen-bond acceptors (Lipinski definition) is 5. The normalized spacial score (nSPS) is 10.6. The topological polar surface area (TPSA) is 95.9 Å². The highest BCUT2D eigenvalue weighted by molar-refractivity contribution is 6.04. The molecule has 6 nitrogen and oxygen atoms in total. The average molecular weight is 365 g/mol. The minimum atomic E-state index is -0.898. The minimum Gasteiger partial charge on any atom is -0.507 e. The molecule has 0 spiro atoms. The van der Waals surface area contributed by atoms with Gasteiger partial charge in [-0.25, -0.2) is 4.79 Å². The first kappa shape index (κ1) is 18.3. The molecule has 0 saturated heterocycles. The van der Waals surface area contributed by atoms with Crippen molar-refractivity contribution in [2.24, 2.45) is 0 Å². The summed E-state index contributed by atoms with van der Waals surface area (Å²) in [6.07, 6.45) is 0. The van der Waals surface area contributed by atoms with Crippen molar-refractivity contribution in [2.45, 2.75) is 13.8 Å². The number of carbonyl (C=O) groups excluding carboxylic acids is 2. The Morgan fingerprint density at radius 1 is 1.00 bits per heavy atom. The number of fused-ring (bicyclic) bond motifs is 1. The molecule has 6 heteroatoms. The standard InChI is InChI=1S/C21H19NO5/c1-12-6-5-9-17(13(12)2)22-19(24)11-27-21(26)16-10-18(23)14-7-3-4-8-15(14)20(16)25/h3-10,23,25H,11H2,1-2H3,(H,22,24). The summed E-state index contributed by atoms with van der Waals surface area (Å²) in [6, 6.07) is 13.2. The lowest BCUT2D eigenvalue weighted by Crippen LogP contribution is -2.21. The average Bonchev–Trinajstić information content (AvgIpc) is 2.66. The van der Waals surface area contributed by atoms with Gasteiger partial charge in [0.2, 0.25) is 0 Å². The number of phenolic OH excluding ortho intramolecular Hbond substituents is 2. The molecule has 0 atom stereocenters. The van der Waals surface area contributed by atoms with E-state index in [1.807, 2.05) is 26.0 Å². The van der Waals surface area contributed by atoms with Crippen LogP contribution in [0.1, 0.15) is 21.5 Å². The van der Waals surface area contributed by atoms with Crippen LogP contribution in [0.25, 0.3) is 10.8 Å². The molecule has 0 aromatic heterocycles. The molecule has 27 heavy (non-hydrogen) atoms. The minimum absolute atomic E-state index is 0.157. The first-order valence-electron chi connectivity index (χ1n) is 8.35. The van der Waals surface area contributed by atoms with Gasteiger partial charge in [-0.1, -0.05) is 36.4 Å². The van der Waals surface area contributed by atoms with Crippen molar-refractivity contribution < 1.29 is 24.5 Å². The number of anilines is 1. The van der Waals surface area contributed by atoms with E-state index in [0.29, 0.717) is 16.5 Å². The van der Waals surface area contributed by atoms with Gasteiger partial charge in [0, 0.05) is 16.5 Å². The number of benzene rings is 3. The Morgan fingerprint density at radius 2 is 1.70 bits per heavy atom. The van der Waals surface area contributed by atoms with Gasteiger partial charge in [-0.2, -0.15) is 0 Å². The molecule has 0 saturated carbocycles. The third kappa shape index (κ3) is 3.69. The SMILES string of the molecule is Cc1cccc(NC(=O)COC(=O)c2cc(O)c3ccccc3c2O)c1C. The first-order valence-corrected chi connectivity index (χ1v) is 8.35. The molecule has 0 unspecified atom stereocenters. The maximum Gasteiger partial charge on any atom is 0.342 e. The van der Waals surface area contributed by atoms with Crippen LogP contribution in [0, 0.1) is 13.8 Å². The summed E-state index contributed by atoms with van der Waals surface area (Å²) in [5.41, 5.74) is 2.39. The van der Waals surface area contributed by atoms with Crippen LogP contribution in [0.2, 0.25) is 0 Å². The highest BCUT2D eigenvalue weighted by atomic mass is 16.5. The van der Waals surface area contributed by atoms with Gasteiger partial charge in [0.15, 0.2) is 6.61 Å². The Morgan fingerprint density at radius 3 is 2.44 bits per heavy atom. The summed E-state index contributed by atoms with van der Waals surface area (Å²) in [4.78, 5) is 24.3. The monoisotopic (exact) mass is 365 g/mol. The van der Waals surface area contributed by atoms with Gasteiger partial charge in [-0.3, -0.25) is 4.79 Å². The van der Waals surface area contributed by atoms with Gasteiger partial charge in [-0.15, -0.1) is 0 Å². The van der Waals surface area contributed by atoms with Crippen molar-refractivity contribution in [2.75, 3.05) is 11.9 Å². The fraction of sp³-hybridized carbons (Fsp3) is 0.143. The van der Waals surface area contributed by atoms with Gasteiger partial charge in [-0.05, 0) is 37.1 Å². The van der Waals surface area contributed by atoms with Crippen molar-refractivity contribution in [3.05, 3.63) is 65.2 Å². The lowest BCUT2D eigenvalue weighted by Gasteiger charge is -2.12.